The first kappa shape index (κ1) is 57.7. The molecule has 7 fully saturated rings. The highest BCUT2D eigenvalue weighted by molar-refractivity contribution is 5.95. The standard InChI is InChI=1S/C42H62O16.C18H21NO3/c1-37(2)21-8-11-42(7)31(20(43)16-18-19-17-39(4,36(53)54)13-12-38(19,3)14-15-41(18,42)6)40(21,5)10-9-22(37)55-35-30(26(47)25(46)29(57-35)33(51)52)58-34-27(48)23(44)24(45)28(56-34)32(49)50;1-19-8-7-18-11-4-5-13(20)17(18)22-16-14(21-2)6-3-10(15(16)18)9-12(11)19/h16,19,21-31,34-35,44-48H,8-15,17H2,1-7H3,(H,49,50)(H,51,52)(H,53,54);3-6,11-13,17,20H,7-9H2,1-2H3/t19-,21-,22-,23-,24-,25-,26-,27+,28-,29-,30+,31+,34-,35-,38+,39-,40-,41+,42+;11-,12+,13-,17-,18-/m00/s1. The molecule has 80 heavy (non-hydrogen) atoms. The lowest BCUT2D eigenvalue weighted by Crippen LogP contribution is -2.68. The summed E-state index contributed by atoms with van der Waals surface area (Å²) in [7, 11) is 3.91. The summed E-state index contributed by atoms with van der Waals surface area (Å²) < 4.78 is 35.2. The van der Waals surface area contributed by atoms with E-state index in [0.29, 0.717) is 37.6 Å². The normalized spacial score (nSPS) is 49.4. The van der Waals surface area contributed by atoms with E-state index in [1.807, 2.05) is 39.0 Å². The molecule has 0 amide bonds. The zero-order chi connectivity index (χ0) is 57.9. The first-order valence-electron chi connectivity index (χ1n) is 28.8. The van der Waals surface area contributed by atoms with Gasteiger partial charge in [0, 0.05) is 28.9 Å². The van der Waals surface area contributed by atoms with Gasteiger partial charge in [0.1, 0.15) is 48.8 Å². The van der Waals surface area contributed by atoms with Crippen molar-refractivity contribution in [3.05, 3.63) is 47.1 Å². The number of likely N-dealkylation sites (N-methyl/N-ethyl adjacent to an activating group) is 1. The van der Waals surface area contributed by atoms with Gasteiger partial charge in [-0.2, -0.15) is 0 Å². The van der Waals surface area contributed by atoms with Crippen molar-refractivity contribution in [2.24, 2.45) is 56.2 Å². The molecule has 2 bridgehead atoms. The molecule has 20 heteroatoms. The fourth-order valence-electron chi connectivity index (χ4n) is 18.8. The second-order valence-corrected chi connectivity index (χ2v) is 27.7. The summed E-state index contributed by atoms with van der Waals surface area (Å²) in [6.07, 6.45) is -6.71. The van der Waals surface area contributed by atoms with Gasteiger partial charge in [0.25, 0.3) is 0 Å². The molecule has 0 radical (unpaired) electrons. The number of rotatable bonds is 8. The minimum Gasteiger partial charge on any atom is -0.493 e. The number of carboxylic acid groups (broad SMARTS) is 3. The molecule has 0 aromatic heterocycles. The van der Waals surface area contributed by atoms with Crippen LogP contribution in [0.15, 0.2) is 35.9 Å². The van der Waals surface area contributed by atoms with Gasteiger partial charge in [0.15, 0.2) is 42.1 Å². The number of aliphatic hydroxyl groups excluding tert-OH is 6. The molecule has 1 aromatic carbocycles. The number of hydrogen-bond acceptors (Lipinski definition) is 17. The summed E-state index contributed by atoms with van der Waals surface area (Å²) in [6, 6.07) is 4.70. The molecular weight excluding hydrogens is 1040 g/mol. The predicted octanol–water partition coefficient (Wildman–Crippen LogP) is 3.75. The Kier molecular flexibility index (Phi) is 14.1. The fraction of sp³-hybridized carbons (Fsp3) is 0.767. The van der Waals surface area contributed by atoms with Crippen LogP contribution in [-0.2, 0) is 50.0 Å². The Balaban J connectivity index is 0.000000252. The highest BCUT2D eigenvalue weighted by Gasteiger charge is 2.71. The van der Waals surface area contributed by atoms with E-state index in [9.17, 15) is 65.1 Å². The Hall–Kier alpha value is -4.06. The Morgan fingerprint density at radius 3 is 2.06 bits per heavy atom. The van der Waals surface area contributed by atoms with E-state index < -0.39 is 113 Å². The summed E-state index contributed by atoms with van der Waals surface area (Å²) in [4.78, 5) is 53.8. The molecule has 442 valence electrons. The van der Waals surface area contributed by atoms with E-state index in [1.54, 1.807) is 7.11 Å². The van der Waals surface area contributed by atoms with Gasteiger partial charge in [-0.05, 0) is 148 Å². The molecule has 4 heterocycles. The Morgan fingerprint density at radius 1 is 0.738 bits per heavy atom. The molecule has 24 atom stereocenters. The topological polar surface area (TPSA) is 309 Å². The third kappa shape index (κ3) is 8.13. The quantitative estimate of drug-likeness (QED) is 0.132. The second-order valence-electron chi connectivity index (χ2n) is 27.7. The lowest BCUT2D eigenvalue weighted by atomic mass is 9.33. The zero-order valence-corrected chi connectivity index (χ0v) is 47.3. The summed E-state index contributed by atoms with van der Waals surface area (Å²) in [5.41, 5.74) is 0.793. The molecule has 7 aliphatic carbocycles. The SMILES string of the molecule is CC1(C)[C@@H](O[C@H]2O[C@H](C(=O)O)[C@@H](O)[C@H](O)[C@H]2O[C@@H]2O[C@H](C(=O)O)[C@@H](O)[C@H](O)[C@H]2O)CC[C@]2(C)[C@H]3C(=O)C=C4[C@@H]5C[C@@](C)(C(=O)O)CC[C@]5(C)CC[C@@]4(C)[C@]3(C)CC[C@@H]12.COc1ccc2c3c1O[C@H]1[C@@H](O)C=C[C@H]4[C@@H](C2)N(C)CC[C@@]341. The number of carbonyl (C=O) groups excluding carboxylic acids is 1. The van der Waals surface area contributed by atoms with Crippen molar-refractivity contribution in [1.82, 2.24) is 4.90 Å². The van der Waals surface area contributed by atoms with Crippen molar-refractivity contribution >= 4 is 23.7 Å². The van der Waals surface area contributed by atoms with Crippen LogP contribution in [0.3, 0.4) is 0 Å². The van der Waals surface area contributed by atoms with Crippen molar-refractivity contribution < 1.29 is 93.6 Å². The van der Waals surface area contributed by atoms with E-state index in [4.69, 9.17) is 28.4 Å². The van der Waals surface area contributed by atoms with E-state index in [0.717, 1.165) is 68.6 Å². The van der Waals surface area contributed by atoms with Gasteiger partial charge >= 0.3 is 17.9 Å². The molecule has 11 aliphatic rings. The Labute approximate surface area is 466 Å². The van der Waals surface area contributed by atoms with Crippen LogP contribution >= 0.6 is 0 Å². The van der Waals surface area contributed by atoms with E-state index >= 15 is 0 Å². The largest absolute Gasteiger partial charge is 0.493 e. The molecule has 4 saturated carbocycles. The number of hydrogen-bond donors (Lipinski definition) is 9. The number of carboxylic acids is 3. The van der Waals surface area contributed by atoms with Crippen LogP contribution in [0, 0.1) is 56.2 Å². The molecule has 1 aromatic rings. The number of ketones is 1. The maximum atomic E-state index is 14.8. The van der Waals surface area contributed by atoms with Crippen molar-refractivity contribution in [2.45, 2.75) is 210 Å². The number of methoxy groups -OCH3 is 1. The first-order valence-corrected chi connectivity index (χ1v) is 28.8. The number of benzene rings is 1. The number of nitrogens with zero attached hydrogens (tertiary/aromatic N) is 1. The number of fused-ring (bicyclic) bond motifs is 7. The van der Waals surface area contributed by atoms with Gasteiger partial charge in [0.05, 0.1) is 18.6 Å². The lowest BCUT2D eigenvalue weighted by molar-refractivity contribution is -0.371. The van der Waals surface area contributed by atoms with Crippen LogP contribution in [0.1, 0.15) is 124 Å². The zero-order valence-electron chi connectivity index (χ0n) is 47.3. The fourth-order valence-corrected chi connectivity index (χ4v) is 18.8. The third-order valence-electron chi connectivity index (χ3n) is 23.6. The van der Waals surface area contributed by atoms with Gasteiger partial charge in [-0.15, -0.1) is 0 Å². The monoisotopic (exact) mass is 1120 g/mol. The average Bonchev–Trinajstić information content (AvgIpc) is 3.75. The van der Waals surface area contributed by atoms with Crippen molar-refractivity contribution in [1.29, 1.82) is 0 Å². The summed E-state index contributed by atoms with van der Waals surface area (Å²) >= 11 is 0. The van der Waals surface area contributed by atoms with Crippen LogP contribution in [-0.4, -0.2) is 181 Å². The van der Waals surface area contributed by atoms with Crippen LogP contribution < -0.4 is 9.47 Å². The number of aliphatic hydroxyl groups is 6. The summed E-state index contributed by atoms with van der Waals surface area (Å²) in [6.45, 7) is 15.9. The maximum absolute atomic E-state index is 14.8. The van der Waals surface area contributed by atoms with Crippen molar-refractivity contribution in [2.75, 3.05) is 20.7 Å². The van der Waals surface area contributed by atoms with Gasteiger partial charge in [-0.1, -0.05) is 65.3 Å². The van der Waals surface area contributed by atoms with Crippen molar-refractivity contribution in [3.63, 3.8) is 0 Å². The number of piperidine rings is 1. The van der Waals surface area contributed by atoms with Gasteiger partial charge in [0.2, 0.25) is 0 Å². The molecule has 3 saturated heterocycles. The molecule has 4 aliphatic heterocycles. The summed E-state index contributed by atoms with van der Waals surface area (Å²) in [5, 5.41) is 93.6. The van der Waals surface area contributed by atoms with Crippen LogP contribution in [0.2, 0.25) is 0 Å². The number of carbonyl (C=O) groups is 4. The van der Waals surface area contributed by atoms with E-state index in [-0.39, 0.29) is 45.9 Å². The molecular formula is C60H83NO19. The van der Waals surface area contributed by atoms with Gasteiger partial charge in [-0.3, -0.25) is 9.59 Å². The van der Waals surface area contributed by atoms with Crippen LogP contribution in [0.4, 0.5) is 0 Å². The first-order chi connectivity index (χ1) is 37.4. The Morgan fingerprint density at radius 2 is 1.40 bits per heavy atom. The highest BCUT2D eigenvalue weighted by atomic mass is 16.8. The Bertz CT molecular complexity index is 2750. The molecule has 12 rings (SSSR count). The smallest absolute Gasteiger partial charge is 0.335 e. The van der Waals surface area contributed by atoms with Gasteiger partial charge in [-0.25, -0.2) is 9.59 Å². The molecule has 20 nitrogen and oxygen atoms in total. The lowest BCUT2D eigenvalue weighted by Gasteiger charge is -2.70. The van der Waals surface area contributed by atoms with Crippen molar-refractivity contribution in [3.8, 4) is 11.5 Å². The number of likely N-dealkylation sites (tertiary alicyclic amines) is 1. The number of allylic oxidation sites excluding steroid dienone is 2. The van der Waals surface area contributed by atoms with Gasteiger partial charge < -0.3 is 79.3 Å². The van der Waals surface area contributed by atoms with Crippen LogP contribution in [0.25, 0.3) is 0 Å². The number of ether oxygens (including phenoxy) is 6. The van der Waals surface area contributed by atoms with E-state index in [2.05, 4.69) is 51.8 Å². The molecule has 0 unspecified atom stereocenters. The predicted molar refractivity (Wildman–Crippen MR) is 282 cm³/mol. The molecule has 9 N–H and O–H groups in total. The number of aliphatic carboxylic acids is 3. The maximum Gasteiger partial charge on any atom is 0.335 e. The van der Waals surface area contributed by atoms with E-state index in [1.165, 1.54) is 11.1 Å². The summed E-state index contributed by atoms with van der Waals surface area (Å²) in [5.74, 6) is -2.38. The average molecular weight is 1120 g/mol. The third-order valence-corrected chi connectivity index (χ3v) is 23.6. The highest BCUT2D eigenvalue weighted by Crippen LogP contribution is 2.75. The molecule has 1 spiro atoms. The van der Waals surface area contributed by atoms with Crippen LogP contribution in [0.5, 0.6) is 11.5 Å². The minimum atomic E-state index is -2.05. The minimum absolute atomic E-state index is 0.0217. The second kappa shape index (κ2) is 19.5.